The Morgan fingerprint density at radius 1 is 0.929 bits per heavy atom. The van der Waals surface area contributed by atoms with E-state index in [1.165, 1.54) is 6.07 Å². The van der Waals surface area contributed by atoms with E-state index in [4.69, 9.17) is 0 Å². The SMILES string of the molecule is C=C(N1CCN(C)CC1)N(Cc1ccc(C2=NN=C(C(F)F)C2)cc1F)c1cccc(-c2ccc3c(cnn3C)c2)c1. The first kappa shape index (κ1) is 27.7. The molecule has 42 heavy (non-hydrogen) atoms. The molecular formula is C32H32F3N7. The van der Waals surface area contributed by atoms with Crippen molar-refractivity contribution in [3.8, 4) is 11.1 Å². The molecule has 3 aromatic carbocycles. The fraction of sp³-hybridized carbons (Fsp3) is 0.281. The van der Waals surface area contributed by atoms with Crippen LogP contribution < -0.4 is 4.90 Å². The molecule has 0 unspecified atom stereocenters. The molecule has 0 amide bonds. The summed E-state index contributed by atoms with van der Waals surface area (Å²) >= 11 is 0. The highest BCUT2D eigenvalue weighted by Crippen LogP contribution is 2.31. The molecule has 216 valence electrons. The van der Waals surface area contributed by atoms with Crippen LogP contribution in [0.15, 0.2) is 89.5 Å². The molecule has 0 N–H and O–H groups in total. The van der Waals surface area contributed by atoms with Crippen LogP contribution >= 0.6 is 0 Å². The highest BCUT2D eigenvalue weighted by atomic mass is 19.3. The standard InChI is InChI=1S/C32H32F3N7/c1-21(41-13-11-39(2)12-14-41)42(20-25-8-7-24(17-28(25)33)29-18-30(32(34)35)38-37-29)27-6-4-5-22(16-27)23-9-10-31-26(15-23)19-36-40(31)3/h4-10,15-17,19,32H,1,11-14,18,20H2,2-3H3. The Labute approximate surface area is 242 Å². The van der Waals surface area contributed by atoms with E-state index in [9.17, 15) is 8.78 Å². The van der Waals surface area contributed by atoms with Gasteiger partial charge in [-0.05, 0) is 48.5 Å². The van der Waals surface area contributed by atoms with Crippen molar-refractivity contribution in [3.05, 3.63) is 96.2 Å². The number of halogens is 3. The minimum Gasteiger partial charge on any atom is -0.356 e. The Kier molecular flexibility index (Phi) is 7.55. The second-order valence-corrected chi connectivity index (χ2v) is 10.8. The molecule has 0 aliphatic carbocycles. The van der Waals surface area contributed by atoms with Gasteiger partial charge in [0.1, 0.15) is 17.3 Å². The minimum atomic E-state index is -2.67. The number of rotatable bonds is 8. The van der Waals surface area contributed by atoms with Crippen molar-refractivity contribution in [1.82, 2.24) is 19.6 Å². The summed E-state index contributed by atoms with van der Waals surface area (Å²) in [6.45, 7) is 8.15. The van der Waals surface area contributed by atoms with E-state index in [0.29, 0.717) is 16.8 Å². The number of fused-ring (bicyclic) bond motifs is 1. The van der Waals surface area contributed by atoms with E-state index < -0.39 is 12.2 Å². The fourth-order valence-electron chi connectivity index (χ4n) is 5.44. The van der Waals surface area contributed by atoms with Gasteiger partial charge < -0.3 is 14.7 Å². The second kappa shape index (κ2) is 11.4. The number of aromatic nitrogens is 2. The van der Waals surface area contributed by atoms with E-state index in [1.54, 1.807) is 12.1 Å². The summed E-state index contributed by atoms with van der Waals surface area (Å²) in [5.74, 6) is 0.358. The number of hydrogen-bond acceptors (Lipinski definition) is 6. The third kappa shape index (κ3) is 5.54. The van der Waals surface area contributed by atoms with Crippen LogP contribution in [0.25, 0.3) is 22.0 Å². The molecule has 4 aromatic rings. The average molecular weight is 572 g/mol. The maximum absolute atomic E-state index is 15.6. The first-order valence-corrected chi connectivity index (χ1v) is 13.9. The lowest BCUT2D eigenvalue weighted by molar-refractivity contribution is 0.183. The van der Waals surface area contributed by atoms with E-state index in [0.717, 1.165) is 59.7 Å². The van der Waals surface area contributed by atoms with Crippen LogP contribution in [0, 0.1) is 5.82 Å². The van der Waals surface area contributed by atoms with Gasteiger partial charge in [-0.25, -0.2) is 13.2 Å². The molecule has 0 spiro atoms. The largest absolute Gasteiger partial charge is 0.356 e. The topological polar surface area (TPSA) is 52.3 Å². The van der Waals surface area contributed by atoms with Gasteiger partial charge >= 0.3 is 0 Å². The number of piperazine rings is 1. The highest BCUT2D eigenvalue weighted by molar-refractivity contribution is 6.15. The van der Waals surface area contributed by atoms with Gasteiger partial charge in [-0.15, -0.1) is 0 Å². The smallest absolute Gasteiger partial charge is 0.278 e. The van der Waals surface area contributed by atoms with E-state index in [2.05, 4.69) is 69.1 Å². The van der Waals surface area contributed by atoms with Crippen LogP contribution in [0.3, 0.4) is 0 Å². The Bertz CT molecular complexity index is 1700. The maximum Gasteiger partial charge on any atom is 0.278 e. The molecule has 1 saturated heterocycles. The normalized spacial score (nSPS) is 15.8. The van der Waals surface area contributed by atoms with Crippen LogP contribution in [0.2, 0.25) is 0 Å². The van der Waals surface area contributed by atoms with Crippen molar-refractivity contribution in [2.75, 3.05) is 38.1 Å². The Morgan fingerprint density at radius 3 is 2.43 bits per heavy atom. The quantitative estimate of drug-likeness (QED) is 0.264. The Balaban J connectivity index is 1.31. The molecule has 0 bridgehead atoms. The van der Waals surface area contributed by atoms with Crippen LogP contribution in [0.1, 0.15) is 17.5 Å². The summed E-state index contributed by atoms with van der Waals surface area (Å²) in [5, 5.41) is 12.8. The zero-order chi connectivity index (χ0) is 29.4. The summed E-state index contributed by atoms with van der Waals surface area (Å²) in [6, 6.07) is 19.2. The lowest BCUT2D eigenvalue weighted by atomic mass is 10.0. The zero-order valence-corrected chi connectivity index (χ0v) is 23.6. The van der Waals surface area contributed by atoms with E-state index in [-0.39, 0.29) is 18.7 Å². The number of benzene rings is 3. The van der Waals surface area contributed by atoms with E-state index >= 15 is 4.39 Å². The molecule has 1 aromatic heterocycles. The van der Waals surface area contributed by atoms with E-state index in [1.807, 2.05) is 35.0 Å². The first-order chi connectivity index (χ1) is 20.3. The Hall–Kier alpha value is -4.44. The molecule has 2 aliphatic heterocycles. The second-order valence-electron chi connectivity index (χ2n) is 10.8. The summed E-state index contributed by atoms with van der Waals surface area (Å²) < 4.78 is 43.5. The van der Waals surface area contributed by atoms with Crippen LogP contribution in [-0.2, 0) is 13.6 Å². The molecule has 10 heteroatoms. The minimum absolute atomic E-state index is 0.0829. The van der Waals surface area contributed by atoms with Crippen molar-refractivity contribution >= 4 is 28.0 Å². The predicted octanol–water partition coefficient (Wildman–Crippen LogP) is 5.92. The maximum atomic E-state index is 15.6. The molecule has 0 atom stereocenters. The molecular weight excluding hydrogens is 539 g/mol. The molecule has 7 nitrogen and oxygen atoms in total. The van der Waals surface area contributed by atoms with Gasteiger partial charge in [0, 0.05) is 61.8 Å². The number of anilines is 1. The molecule has 6 rings (SSSR count). The van der Waals surface area contributed by atoms with Crippen molar-refractivity contribution < 1.29 is 13.2 Å². The number of likely N-dealkylation sites (N-methyl/N-ethyl adjacent to an activating group) is 1. The molecule has 2 aliphatic rings. The van der Waals surface area contributed by atoms with Gasteiger partial charge in [-0.1, -0.05) is 36.9 Å². The number of nitrogens with zero attached hydrogens (tertiary/aromatic N) is 7. The van der Waals surface area contributed by atoms with Crippen LogP contribution in [0.5, 0.6) is 0 Å². The number of aryl methyl sites for hydroxylation is 1. The van der Waals surface area contributed by atoms with Crippen molar-refractivity contribution in [3.63, 3.8) is 0 Å². The number of hydrogen-bond donors (Lipinski definition) is 0. The van der Waals surface area contributed by atoms with Gasteiger partial charge in [0.25, 0.3) is 6.43 Å². The highest BCUT2D eigenvalue weighted by Gasteiger charge is 2.24. The zero-order valence-electron chi connectivity index (χ0n) is 23.6. The molecule has 0 saturated carbocycles. The van der Waals surface area contributed by atoms with Gasteiger partial charge in [0.2, 0.25) is 0 Å². The predicted molar refractivity (Wildman–Crippen MR) is 162 cm³/mol. The van der Waals surface area contributed by atoms with Crippen molar-refractivity contribution in [2.45, 2.75) is 19.4 Å². The summed E-state index contributed by atoms with van der Waals surface area (Å²) in [7, 11) is 4.02. The van der Waals surface area contributed by atoms with Gasteiger partial charge in [-0.2, -0.15) is 15.3 Å². The summed E-state index contributed by atoms with van der Waals surface area (Å²) in [4.78, 5) is 6.55. The lowest BCUT2D eigenvalue weighted by Crippen LogP contribution is -2.47. The third-order valence-corrected chi connectivity index (χ3v) is 8.03. The average Bonchev–Trinajstić information content (AvgIpc) is 3.64. The summed E-state index contributed by atoms with van der Waals surface area (Å²) in [5.41, 5.74) is 4.98. The first-order valence-electron chi connectivity index (χ1n) is 13.9. The van der Waals surface area contributed by atoms with Gasteiger partial charge in [0.15, 0.2) is 0 Å². The molecule has 1 fully saturated rings. The molecule has 0 radical (unpaired) electrons. The molecule has 3 heterocycles. The third-order valence-electron chi connectivity index (χ3n) is 8.03. The monoisotopic (exact) mass is 571 g/mol. The van der Waals surface area contributed by atoms with Crippen LogP contribution in [-0.4, -0.2) is 70.7 Å². The summed E-state index contributed by atoms with van der Waals surface area (Å²) in [6.07, 6.45) is -0.902. The Morgan fingerprint density at radius 2 is 1.69 bits per heavy atom. The van der Waals surface area contributed by atoms with Crippen molar-refractivity contribution in [2.24, 2.45) is 17.3 Å². The lowest BCUT2D eigenvalue weighted by Gasteiger charge is -2.40. The fourth-order valence-corrected chi connectivity index (χ4v) is 5.44. The van der Waals surface area contributed by atoms with Crippen LogP contribution in [0.4, 0.5) is 18.9 Å². The van der Waals surface area contributed by atoms with Gasteiger partial charge in [-0.3, -0.25) is 4.68 Å². The van der Waals surface area contributed by atoms with Crippen molar-refractivity contribution in [1.29, 1.82) is 0 Å². The number of alkyl halides is 2. The van der Waals surface area contributed by atoms with Gasteiger partial charge in [0.05, 0.1) is 24.0 Å².